The summed E-state index contributed by atoms with van der Waals surface area (Å²) in [6, 6.07) is 2.61. The molecule has 2 N–H and O–H groups in total. The van der Waals surface area contributed by atoms with Crippen molar-refractivity contribution in [1.29, 1.82) is 0 Å². The summed E-state index contributed by atoms with van der Waals surface area (Å²) in [4.78, 5) is 8.24. The van der Waals surface area contributed by atoms with Gasteiger partial charge in [-0.05, 0) is 32.3 Å². The number of nitrogens with zero attached hydrogens (tertiary/aromatic N) is 2. The Bertz CT molecular complexity index is 316. The molecule has 0 bridgehead atoms. The van der Waals surface area contributed by atoms with Gasteiger partial charge in [0, 0.05) is 17.9 Å². The second-order valence-corrected chi connectivity index (χ2v) is 3.79. The van der Waals surface area contributed by atoms with Crippen molar-refractivity contribution in [2.75, 3.05) is 0 Å². The van der Waals surface area contributed by atoms with E-state index in [0.29, 0.717) is 6.01 Å². The Labute approximate surface area is 83.5 Å². The molecule has 0 saturated heterocycles. The standard InChI is InChI=1S/C10H15N3O/c1-7-4-5-12-10(13-7)14-9-3-2-8(11)6-9/h4-5,8-9H,2-3,6,11H2,1H3. The van der Waals surface area contributed by atoms with Gasteiger partial charge in [-0.1, -0.05) is 0 Å². The minimum absolute atomic E-state index is 0.201. The fraction of sp³-hybridized carbons (Fsp3) is 0.600. The van der Waals surface area contributed by atoms with Gasteiger partial charge in [0.05, 0.1) is 0 Å². The van der Waals surface area contributed by atoms with Crippen LogP contribution in [0.2, 0.25) is 0 Å². The first-order valence-electron chi connectivity index (χ1n) is 4.96. The third-order valence-corrected chi connectivity index (χ3v) is 2.47. The van der Waals surface area contributed by atoms with E-state index in [1.807, 2.05) is 13.0 Å². The number of rotatable bonds is 2. The quantitative estimate of drug-likeness (QED) is 0.762. The van der Waals surface area contributed by atoms with Crippen LogP contribution in [0.3, 0.4) is 0 Å². The number of hydrogen-bond acceptors (Lipinski definition) is 4. The van der Waals surface area contributed by atoms with E-state index in [1.165, 1.54) is 0 Å². The monoisotopic (exact) mass is 193 g/mol. The SMILES string of the molecule is Cc1ccnc(OC2CCC(N)C2)n1. The van der Waals surface area contributed by atoms with Crippen LogP contribution in [-0.2, 0) is 0 Å². The topological polar surface area (TPSA) is 61.0 Å². The molecule has 2 atom stereocenters. The van der Waals surface area contributed by atoms with Crippen molar-refractivity contribution in [3.8, 4) is 6.01 Å². The Morgan fingerprint density at radius 3 is 3.00 bits per heavy atom. The predicted octanol–water partition coefficient (Wildman–Crippen LogP) is 1.04. The molecule has 0 aliphatic heterocycles. The predicted molar refractivity (Wildman–Crippen MR) is 53.0 cm³/mol. The minimum atomic E-state index is 0.201. The number of aryl methyl sites for hydroxylation is 1. The number of hydrogen-bond donors (Lipinski definition) is 1. The van der Waals surface area contributed by atoms with Gasteiger partial charge >= 0.3 is 6.01 Å². The largest absolute Gasteiger partial charge is 0.460 e. The Hall–Kier alpha value is -1.16. The summed E-state index contributed by atoms with van der Waals surface area (Å²) in [6.45, 7) is 1.93. The molecule has 0 amide bonds. The molecule has 1 aliphatic rings. The molecule has 1 aromatic heterocycles. The molecule has 1 saturated carbocycles. The molecule has 76 valence electrons. The summed E-state index contributed by atoms with van der Waals surface area (Å²) < 4.78 is 5.62. The lowest BCUT2D eigenvalue weighted by molar-refractivity contribution is 0.190. The molecule has 1 aliphatic carbocycles. The average molecular weight is 193 g/mol. The van der Waals surface area contributed by atoms with E-state index in [2.05, 4.69) is 9.97 Å². The van der Waals surface area contributed by atoms with Crippen molar-refractivity contribution in [2.24, 2.45) is 5.73 Å². The van der Waals surface area contributed by atoms with Crippen molar-refractivity contribution in [3.63, 3.8) is 0 Å². The first kappa shape index (κ1) is 9.40. The third-order valence-electron chi connectivity index (χ3n) is 2.47. The van der Waals surface area contributed by atoms with E-state index in [-0.39, 0.29) is 12.1 Å². The highest BCUT2D eigenvalue weighted by Crippen LogP contribution is 2.21. The Morgan fingerprint density at radius 1 is 1.50 bits per heavy atom. The first-order chi connectivity index (χ1) is 6.74. The van der Waals surface area contributed by atoms with Gasteiger partial charge in [-0.3, -0.25) is 0 Å². The number of aromatic nitrogens is 2. The van der Waals surface area contributed by atoms with E-state index in [1.54, 1.807) is 6.20 Å². The van der Waals surface area contributed by atoms with Gasteiger partial charge in [-0.25, -0.2) is 9.97 Å². The van der Waals surface area contributed by atoms with Crippen molar-refractivity contribution >= 4 is 0 Å². The summed E-state index contributed by atoms with van der Waals surface area (Å²) >= 11 is 0. The van der Waals surface area contributed by atoms with Gasteiger partial charge < -0.3 is 10.5 Å². The first-order valence-corrected chi connectivity index (χ1v) is 4.96. The van der Waals surface area contributed by atoms with E-state index < -0.39 is 0 Å². The van der Waals surface area contributed by atoms with Crippen LogP contribution in [0.15, 0.2) is 12.3 Å². The molecule has 0 spiro atoms. The smallest absolute Gasteiger partial charge is 0.316 e. The second kappa shape index (κ2) is 3.92. The second-order valence-electron chi connectivity index (χ2n) is 3.79. The van der Waals surface area contributed by atoms with Crippen LogP contribution in [0.5, 0.6) is 6.01 Å². The van der Waals surface area contributed by atoms with Crippen molar-refractivity contribution < 1.29 is 4.74 Å². The van der Waals surface area contributed by atoms with Crippen LogP contribution in [0.1, 0.15) is 25.0 Å². The molecule has 4 nitrogen and oxygen atoms in total. The molecular weight excluding hydrogens is 178 g/mol. The summed E-state index contributed by atoms with van der Waals surface area (Å²) in [5.74, 6) is 0. The maximum atomic E-state index is 5.79. The van der Waals surface area contributed by atoms with Crippen molar-refractivity contribution in [2.45, 2.75) is 38.3 Å². The van der Waals surface area contributed by atoms with Crippen molar-refractivity contribution in [3.05, 3.63) is 18.0 Å². The van der Waals surface area contributed by atoms with Gasteiger partial charge in [0.15, 0.2) is 0 Å². The fourth-order valence-electron chi connectivity index (χ4n) is 1.71. The minimum Gasteiger partial charge on any atom is -0.460 e. The van der Waals surface area contributed by atoms with Crippen LogP contribution in [0, 0.1) is 6.92 Å². The van der Waals surface area contributed by atoms with Crippen molar-refractivity contribution in [1.82, 2.24) is 9.97 Å². The van der Waals surface area contributed by atoms with E-state index >= 15 is 0 Å². The summed E-state index contributed by atoms with van der Waals surface area (Å²) in [7, 11) is 0. The average Bonchev–Trinajstić information content (AvgIpc) is 2.51. The van der Waals surface area contributed by atoms with Gasteiger partial charge in [-0.15, -0.1) is 0 Å². The fourth-order valence-corrected chi connectivity index (χ4v) is 1.71. The maximum absolute atomic E-state index is 5.79. The molecule has 0 radical (unpaired) electrons. The highest BCUT2D eigenvalue weighted by atomic mass is 16.5. The highest BCUT2D eigenvalue weighted by Gasteiger charge is 2.23. The molecule has 0 aromatic carbocycles. The Morgan fingerprint density at radius 2 is 2.36 bits per heavy atom. The molecule has 2 rings (SSSR count). The molecule has 1 aromatic rings. The highest BCUT2D eigenvalue weighted by molar-refractivity contribution is 5.03. The molecule has 1 fully saturated rings. The van der Waals surface area contributed by atoms with E-state index in [0.717, 1.165) is 25.0 Å². The van der Waals surface area contributed by atoms with E-state index in [9.17, 15) is 0 Å². The van der Waals surface area contributed by atoms with Gasteiger partial charge in [0.25, 0.3) is 0 Å². The van der Waals surface area contributed by atoms with Crippen LogP contribution in [-0.4, -0.2) is 22.1 Å². The van der Waals surface area contributed by atoms with Crippen LogP contribution < -0.4 is 10.5 Å². The zero-order chi connectivity index (χ0) is 9.97. The lowest BCUT2D eigenvalue weighted by Gasteiger charge is -2.11. The summed E-state index contributed by atoms with van der Waals surface area (Å²) in [5.41, 5.74) is 6.72. The third kappa shape index (κ3) is 2.20. The number of nitrogens with two attached hydrogens (primary N) is 1. The zero-order valence-corrected chi connectivity index (χ0v) is 8.31. The molecule has 2 unspecified atom stereocenters. The van der Waals surface area contributed by atoms with Crippen LogP contribution in [0.4, 0.5) is 0 Å². The van der Waals surface area contributed by atoms with Crippen LogP contribution in [0.25, 0.3) is 0 Å². The summed E-state index contributed by atoms with van der Waals surface area (Å²) in [5, 5.41) is 0. The normalized spacial score (nSPS) is 26.4. The Balaban J connectivity index is 1.97. The Kier molecular flexibility index (Phi) is 2.63. The molecule has 14 heavy (non-hydrogen) atoms. The van der Waals surface area contributed by atoms with E-state index in [4.69, 9.17) is 10.5 Å². The number of ether oxygens (including phenoxy) is 1. The molecule has 4 heteroatoms. The lowest BCUT2D eigenvalue weighted by atomic mass is 10.3. The lowest BCUT2D eigenvalue weighted by Crippen LogP contribution is -2.19. The van der Waals surface area contributed by atoms with Gasteiger partial charge in [-0.2, -0.15) is 0 Å². The molecule has 1 heterocycles. The van der Waals surface area contributed by atoms with Crippen LogP contribution >= 0.6 is 0 Å². The zero-order valence-electron chi connectivity index (χ0n) is 8.31. The van der Waals surface area contributed by atoms with Gasteiger partial charge in [0.1, 0.15) is 6.10 Å². The van der Waals surface area contributed by atoms with Gasteiger partial charge in [0.2, 0.25) is 0 Å². The molecular formula is C10H15N3O. The maximum Gasteiger partial charge on any atom is 0.316 e. The summed E-state index contributed by atoms with van der Waals surface area (Å²) in [6.07, 6.45) is 4.88.